The first-order chi connectivity index (χ1) is 29.6. The lowest BCUT2D eigenvalue weighted by Crippen LogP contribution is -2.26. The minimum absolute atomic E-state index is 0.563. The Bertz CT molecular complexity index is 2870. The summed E-state index contributed by atoms with van der Waals surface area (Å²) in [5.74, 6) is 2.65. The highest BCUT2D eigenvalue weighted by Crippen LogP contribution is 2.31. The molecule has 2 aliphatic heterocycles. The first-order valence-electron chi connectivity index (χ1n) is 20.8. The fraction of sp³-hybridized carbons (Fsp3) is 0.277. The number of nitrogens with one attached hydrogen (secondary N) is 5. The number of anilines is 8. The van der Waals surface area contributed by atoms with E-state index in [9.17, 15) is 0 Å². The SMILES string of the molecule is Cc1cccc(C)c1Nc1nn(C)c2nc(Nc3ccc4c(c3)CN(C)CC4)ncc12.Cc1cccc(C)c1Nc1nn(C)c2nc(Nc3ccc4c(c3)CNCC4)ncc12. The molecular formula is C47H52N14. The Balaban J connectivity index is 0.000000156. The molecule has 14 nitrogen and oxygen atoms in total. The average Bonchev–Trinajstić information content (AvgIpc) is 3.74. The van der Waals surface area contributed by atoms with Gasteiger partial charge in [0.25, 0.3) is 0 Å². The lowest BCUT2D eigenvalue weighted by molar-refractivity contribution is 0.313. The standard InChI is InChI=1S/C24H27N7.C23H25N7/c1-15-6-5-7-16(2)21(15)27-22-20-13-25-24(28-23(20)31(4)29-22)26-19-9-8-17-10-11-30(3)14-18(17)12-19;1-14-5-4-6-15(2)20(14)27-21-19-13-25-23(28-22(19)30(3)29-21)26-18-8-7-16-9-10-24-12-17(16)11-18/h5-9,12-13H,10-11,14H2,1-4H3,(H,27,29)(H,25,26,28);4-8,11,13,24H,9-10,12H2,1-3H3,(H,27,29)(H,25,26,28). The summed E-state index contributed by atoms with van der Waals surface area (Å²) >= 11 is 0. The number of para-hydroxylation sites is 2. The van der Waals surface area contributed by atoms with Gasteiger partial charge in [0.1, 0.15) is 0 Å². The van der Waals surface area contributed by atoms with Crippen LogP contribution in [-0.4, -0.2) is 64.5 Å². The van der Waals surface area contributed by atoms with Gasteiger partial charge in [0.15, 0.2) is 22.9 Å². The lowest BCUT2D eigenvalue weighted by atomic mass is 9.99. The van der Waals surface area contributed by atoms with Gasteiger partial charge in [-0.25, -0.2) is 19.3 Å². The summed E-state index contributed by atoms with van der Waals surface area (Å²) in [5.41, 5.74) is 15.9. The molecule has 6 heterocycles. The largest absolute Gasteiger partial charge is 0.338 e. The molecule has 0 spiro atoms. The molecule has 4 aromatic heterocycles. The van der Waals surface area contributed by atoms with E-state index < -0.39 is 0 Å². The highest BCUT2D eigenvalue weighted by atomic mass is 15.3. The Morgan fingerprint density at radius 3 is 1.57 bits per heavy atom. The first kappa shape index (κ1) is 39.6. The maximum atomic E-state index is 4.73. The van der Waals surface area contributed by atoms with Crippen molar-refractivity contribution >= 4 is 68.3 Å². The van der Waals surface area contributed by atoms with Crippen LogP contribution in [-0.2, 0) is 40.0 Å². The number of benzene rings is 4. The minimum Gasteiger partial charge on any atom is -0.338 e. The normalized spacial score (nSPS) is 13.6. The quantitative estimate of drug-likeness (QED) is 0.100. The van der Waals surface area contributed by atoms with Crippen molar-refractivity contribution in [1.29, 1.82) is 0 Å². The van der Waals surface area contributed by atoms with Gasteiger partial charge in [-0.05, 0) is 123 Å². The van der Waals surface area contributed by atoms with Crippen LogP contribution in [0.5, 0.6) is 0 Å². The van der Waals surface area contributed by atoms with Crippen molar-refractivity contribution in [3.8, 4) is 0 Å². The third-order valence-electron chi connectivity index (χ3n) is 11.6. The van der Waals surface area contributed by atoms with E-state index in [0.29, 0.717) is 11.9 Å². The predicted octanol–water partition coefficient (Wildman–Crippen LogP) is 8.57. The van der Waals surface area contributed by atoms with Crippen molar-refractivity contribution in [3.63, 3.8) is 0 Å². The van der Waals surface area contributed by atoms with Crippen LogP contribution in [0.15, 0.2) is 85.2 Å². The van der Waals surface area contributed by atoms with E-state index in [1.54, 1.807) is 9.36 Å². The van der Waals surface area contributed by atoms with Gasteiger partial charge < -0.3 is 31.5 Å². The van der Waals surface area contributed by atoms with E-state index in [0.717, 1.165) is 95.5 Å². The maximum Gasteiger partial charge on any atom is 0.229 e. The fourth-order valence-electron chi connectivity index (χ4n) is 8.23. The Morgan fingerprint density at radius 1 is 0.557 bits per heavy atom. The third-order valence-corrected chi connectivity index (χ3v) is 11.6. The summed E-state index contributed by atoms with van der Waals surface area (Å²) in [6.07, 6.45) is 5.83. The van der Waals surface area contributed by atoms with Gasteiger partial charge in [-0.15, -0.1) is 0 Å². The van der Waals surface area contributed by atoms with E-state index >= 15 is 0 Å². The van der Waals surface area contributed by atoms with E-state index in [4.69, 9.17) is 9.97 Å². The van der Waals surface area contributed by atoms with Crippen LogP contribution in [0.2, 0.25) is 0 Å². The Kier molecular flexibility index (Phi) is 10.8. The van der Waals surface area contributed by atoms with Gasteiger partial charge in [0.05, 0.1) is 10.8 Å². The number of hydrogen-bond acceptors (Lipinski definition) is 12. The molecule has 310 valence electrons. The highest BCUT2D eigenvalue weighted by Gasteiger charge is 2.18. The molecule has 10 rings (SSSR count). The van der Waals surface area contributed by atoms with Crippen LogP contribution in [0.3, 0.4) is 0 Å². The van der Waals surface area contributed by atoms with E-state index in [2.05, 4.69) is 159 Å². The molecule has 0 amide bonds. The average molecular weight is 813 g/mol. The van der Waals surface area contributed by atoms with Crippen LogP contribution in [0.25, 0.3) is 22.1 Å². The van der Waals surface area contributed by atoms with Crippen LogP contribution in [0.1, 0.15) is 44.5 Å². The number of aryl methyl sites for hydroxylation is 6. The van der Waals surface area contributed by atoms with Crippen LogP contribution < -0.4 is 26.6 Å². The molecule has 0 saturated carbocycles. The molecule has 8 aromatic rings. The Morgan fingerprint density at radius 2 is 1.05 bits per heavy atom. The second kappa shape index (κ2) is 16.6. The van der Waals surface area contributed by atoms with Crippen molar-refractivity contribution in [2.75, 3.05) is 41.4 Å². The zero-order valence-electron chi connectivity index (χ0n) is 35.9. The Hall–Kier alpha value is -6.90. The van der Waals surface area contributed by atoms with Crippen LogP contribution in [0, 0.1) is 27.7 Å². The monoisotopic (exact) mass is 812 g/mol. The number of rotatable bonds is 8. The topological polar surface area (TPSA) is 151 Å². The van der Waals surface area contributed by atoms with E-state index in [-0.39, 0.29) is 0 Å². The van der Waals surface area contributed by atoms with Crippen molar-refractivity contribution in [2.24, 2.45) is 14.1 Å². The smallest absolute Gasteiger partial charge is 0.229 e. The molecule has 4 aromatic carbocycles. The van der Waals surface area contributed by atoms with Crippen molar-refractivity contribution in [1.82, 2.24) is 49.7 Å². The number of likely N-dealkylation sites (N-methyl/N-ethyl adjacent to an activating group) is 1. The third kappa shape index (κ3) is 8.32. The number of nitrogens with zero attached hydrogens (tertiary/aromatic N) is 9. The molecule has 0 bridgehead atoms. The molecule has 0 saturated heterocycles. The molecule has 0 fully saturated rings. The first-order valence-corrected chi connectivity index (χ1v) is 20.8. The Labute approximate surface area is 355 Å². The van der Waals surface area contributed by atoms with Gasteiger partial charge in [-0.1, -0.05) is 48.5 Å². The molecule has 0 unspecified atom stereocenters. The number of fused-ring (bicyclic) bond motifs is 4. The molecule has 0 atom stereocenters. The van der Waals surface area contributed by atoms with Crippen molar-refractivity contribution in [2.45, 2.75) is 53.6 Å². The minimum atomic E-state index is 0.563. The van der Waals surface area contributed by atoms with Crippen molar-refractivity contribution < 1.29 is 0 Å². The summed E-state index contributed by atoms with van der Waals surface area (Å²) in [6.45, 7) is 12.4. The molecule has 2 aliphatic rings. The highest BCUT2D eigenvalue weighted by molar-refractivity contribution is 5.91. The summed E-state index contributed by atoms with van der Waals surface area (Å²) in [5, 5.41) is 28.1. The molecule has 5 N–H and O–H groups in total. The zero-order chi connectivity index (χ0) is 42.2. The van der Waals surface area contributed by atoms with Crippen molar-refractivity contribution in [3.05, 3.63) is 130 Å². The summed E-state index contributed by atoms with van der Waals surface area (Å²) in [4.78, 5) is 20.9. The van der Waals surface area contributed by atoms with Crippen LogP contribution >= 0.6 is 0 Å². The van der Waals surface area contributed by atoms with Gasteiger partial charge in [0.2, 0.25) is 11.9 Å². The molecular weight excluding hydrogens is 761 g/mol. The summed E-state index contributed by atoms with van der Waals surface area (Å²) in [6, 6.07) is 25.5. The molecule has 0 radical (unpaired) electrons. The van der Waals surface area contributed by atoms with Crippen LogP contribution in [0.4, 0.5) is 46.3 Å². The van der Waals surface area contributed by atoms with Gasteiger partial charge in [-0.2, -0.15) is 20.2 Å². The van der Waals surface area contributed by atoms with Gasteiger partial charge in [-0.3, -0.25) is 0 Å². The maximum absolute atomic E-state index is 4.73. The molecule has 14 heteroatoms. The van der Waals surface area contributed by atoms with E-state index in [1.807, 2.05) is 26.5 Å². The van der Waals surface area contributed by atoms with Gasteiger partial charge in [0, 0.05) is 68.9 Å². The predicted molar refractivity (Wildman–Crippen MR) is 246 cm³/mol. The summed E-state index contributed by atoms with van der Waals surface area (Å²) < 4.78 is 3.58. The molecule has 61 heavy (non-hydrogen) atoms. The van der Waals surface area contributed by atoms with Gasteiger partial charge >= 0.3 is 0 Å². The number of aromatic nitrogens is 8. The second-order valence-corrected chi connectivity index (χ2v) is 16.2. The lowest BCUT2D eigenvalue weighted by Gasteiger charge is -2.25. The van der Waals surface area contributed by atoms with E-state index in [1.165, 1.54) is 44.5 Å². The summed E-state index contributed by atoms with van der Waals surface area (Å²) in [7, 11) is 5.97. The molecule has 0 aliphatic carbocycles. The second-order valence-electron chi connectivity index (χ2n) is 16.2. The zero-order valence-corrected chi connectivity index (χ0v) is 35.9. The number of hydrogen-bond donors (Lipinski definition) is 5. The fourth-order valence-corrected chi connectivity index (χ4v) is 8.23.